The lowest BCUT2D eigenvalue weighted by Gasteiger charge is -1.99. The van der Waals surface area contributed by atoms with E-state index < -0.39 is 18.9 Å². The maximum absolute atomic E-state index is 7.72. The van der Waals surface area contributed by atoms with E-state index in [-0.39, 0.29) is 5.16 Å². The second-order valence-electron chi connectivity index (χ2n) is 1.46. The summed E-state index contributed by atoms with van der Waals surface area (Å²) in [6, 6.07) is 1.51. The highest BCUT2D eigenvalue weighted by molar-refractivity contribution is 7.99. The molecule has 1 aromatic heterocycles. The lowest BCUT2D eigenvalue weighted by Crippen LogP contribution is -1.90. The summed E-state index contributed by atoms with van der Waals surface area (Å²) in [5.41, 5.74) is 0. The van der Waals surface area contributed by atoms with Crippen LogP contribution in [0, 0.1) is 0 Å². The molecule has 0 aromatic carbocycles. The van der Waals surface area contributed by atoms with Crippen molar-refractivity contribution >= 4 is 11.8 Å². The zero-order chi connectivity index (χ0) is 13.3. The molecule has 1 aromatic rings. The fourth-order valence-electron chi connectivity index (χ4n) is 0.429. The van der Waals surface area contributed by atoms with E-state index in [9.17, 15) is 0 Å². The standard InChI is InChI=1S/C7H10N2S/c1-6(2)10-7-8-4-3-5-9-7/h3-6H,1-2H3/i1D3,2D3,6D. The number of hydrogen-bond donors (Lipinski definition) is 0. The van der Waals surface area contributed by atoms with E-state index in [1.807, 2.05) is 0 Å². The van der Waals surface area contributed by atoms with Crippen molar-refractivity contribution in [3.05, 3.63) is 18.5 Å². The van der Waals surface area contributed by atoms with Gasteiger partial charge in [-0.15, -0.1) is 0 Å². The van der Waals surface area contributed by atoms with Gasteiger partial charge < -0.3 is 0 Å². The molecule has 10 heavy (non-hydrogen) atoms. The summed E-state index contributed by atoms with van der Waals surface area (Å²) in [6.07, 6.45) is 2.71. The number of aromatic nitrogens is 2. The summed E-state index contributed by atoms with van der Waals surface area (Å²) in [5.74, 6) is 0. The van der Waals surface area contributed by atoms with Crippen LogP contribution in [0.2, 0.25) is 0 Å². The minimum atomic E-state index is -2.97. The quantitative estimate of drug-likeness (QED) is 0.490. The van der Waals surface area contributed by atoms with Gasteiger partial charge in [0.15, 0.2) is 5.16 Å². The van der Waals surface area contributed by atoms with E-state index in [0.29, 0.717) is 11.8 Å². The van der Waals surface area contributed by atoms with Gasteiger partial charge in [0.25, 0.3) is 0 Å². The van der Waals surface area contributed by atoms with Gasteiger partial charge in [0.05, 0.1) is 0 Å². The molecule has 0 saturated heterocycles. The Hall–Kier alpha value is -0.570. The number of nitrogens with zero attached hydrogens (tertiary/aromatic N) is 2. The monoisotopic (exact) mass is 161 g/mol. The molecular weight excluding hydrogens is 144 g/mol. The van der Waals surface area contributed by atoms with Gasteiger partial charge >= 0.3 is 0 Å². The van der Waals surface area contributed by atoms with Crippen LogP contribution in [-0.4, -0.2) is 15.2 Å². The topological polar surface area (TPSA) is 25.8 Å². The first-order valence-electron chi connectivity index (χ1n) is 6.04. The molecule has 0 aliphatic rings. The number of thioether (sulfide) groups is 1. The van der Waals surface area contributed by atoms with Crippen LogP contribution in [0.4, 0.5) is 0 Å². The van der Waals surface area contributed by atoms with E-state index in [0.717, 1.165) is 0 Å². The largest absolute Gasteiger partial charge is 0.231 e. The Morgan fingerprint density at radius 2 is 2.30 bits per heavy atom. The molecule has 2 nitrogen and oxygen atoms in total. The SMILES string of the molecule is [2H]C([2H])([2H])C([2H])(Sc1ncccn1)C([2H])([2H])[2H]. The van der Waals surface area contributed by atoms with E-state index in [4.69, 9.17) is 9.60 Å². The van der Waals surface area contributed by atoms with Gasteiger partial charge in [-0.05, 0) is 6.07 Å². The minimum absolute atomic E-state index is 0.0465. The van der Waals surface area contributed by atoms with Crippen molar-refractivity contribution in [1.29, 1.82) is 0 Å². The third kappa shape index (κ3) is 2.35. The smallest absolute Gasteiger partial charge is 0.187 e. The zero-order valence-corrected chi connectivity index (χ0v) is 5.85. The zero-order valence-electron chi connectivity index (χ0n) is 12.0. The van der Waals surface area contributed by atoms with Gasteiger partial charge in [0.1, 0.15) is 0 Å². The highest BCUT2D eigenvalue weighted by Gasteiger charge is 1.97. The van der Waals surface area contributed by atoms with E-state index in [1.165, 1.54) is 18.5 Å². The van der Waals surface area contributed by atoms with Crippen molar-refractivity contribution in [2.24, 2.45) is 0 Å². The second kappa shape index (κ2) is 3.56. The molecule has 0 spiro atoms. The number of rotatable bonds is 2. The van der Waals surface area contributed by atoms with Gasteiger partial charge in [-0.3, -0.25) is 0 Å². The molecule has 1 heterocycles. The summed E-state index contributed by atoms with van der Waals surface area (Å²) < 4.78 is 50.9. The fourth-order valence-corrected chi connectivity index (χ4v) is 0.839. The average molecular weight is 161 g/mol. The maximum Gasteiger partial charge on any atom is 0.187 e. The molecule has 0 unspecified atom stereocenters. The lowest BCUT2D eigenvalue weighted by atomic mass is 10.6. The van der Waals surface area contributed by atoms with E-state index >= 15 is 0 Å². The molecule has 0 atom stereocenters. The summed E-state index contributed by atoms with van der Waals surface area (Å²) in [5, 5.41) is -2.73. The van der Waals surface area contributed by atoms with Crippen LogP contribution >= 0.6 is 11.8 Å². The molecule has 0 bridgehead atoms. The molecular formula is C7H10N2S. The lowest BCUT2D eigenvalue weighted by molar-refractivity contribution is 0.954. The van der Waals surface area contributed by atoms with Crippen LogP contribution in [0.15, 0.2) is 23.6 Å². The summed E-state index contributed by atoms with van der Waals surface area (Å²) in [4.78, 5) is 7.45. The van der Waals surface area contributed by atoms with Gasteiger partial charge in [-0.2, -0.15) is 0 Å². The Morgan fingerprint density at radius 3 is 2.90 bits per heavy atom. The minimum Gasteiger partial charge on any atom is -0.231 e. The van der Waals surface area contributed by atoms with Crippen LogP contribution < -0.4 is 0 Å². The van der Waals surface area contributed by atoms with Gasteiger partial charge in [0.2, 0.25) is 0 Å². The summed E-state index contributed by atoms with van der Waals surface area (Å²) >= 11 is 0.324. The first-order valence-corrected chi connectivity index (χ1v) is 3.36. The molecule has 0 radical (unpaired) electrons. The Balaban J connectivity index is 3.11. The van der Waals surface area contributed by atoms with Crippen molar-refractivity contribution in [1.82, 2.24) is 9.97 Å². The summed E-state index contributed by atoms with van der Waals surface area (Å²) in [7, 11) is 0. The predicted molar refractivity (Wildman–Crippen MR) is 43.0 cm³/mol. The molecule has 1 rings (SSSR count). The fraction of sp³-hybridized carbons (Fsp3) is 0.429. The van der Waals surface area contributed by atoms with Gasteiger partial charge in [0, 0.05) is 27.2 Å². The normalized spacial score (nSPS) is 24.2. The van der Waals surface area contributed by atoms with Crippen molar-refractivity contribution in [3.63, 3.8) is 0 Å². The van der Waals surface area contributed by atoms with Crippen molar-refractivity contribution in [2.45, 2.75) is 24.1 Å². The van der Waals surface area contributed by atoms with Gasteiger partial charge in [-0.25, -0.2) is 9.97 Å². The molecule has 3 heteroatoms. The van der Waals surface area contributed by atoms with Crippen LogP contribution in [-0.2, 0) is 0 Å². The molecule has 0 aliphatic heterocycles. The average Bonchev–Trinajstić information content (AvgIpc) is 2.15. The van der Waals surface area contributed by atoms with Gasteiger partial charge in [-0.1, -0.05) is 25.5 Å². The maximum atomic E-state index is 7.72. The van der Waals surface area contributed by atoms with Crippen LogP contribution in [0.5, 0.6) is 0 Å². The molecule has 0 aliphatic carbocycles. The Morgan fingerprint density at radius 1 is 1.60 bits per heavy atom. The third-order valence-electron chi connectivity index (χ3n) is 0.735. The Kier molecular flexibility index (Phi) is 0.884. The van der Waals surface area contributed by atoms with Crippen LogP contribution in [0.3, 0.4) is 0 Å². The van der Waals surface area contributed by atoms with E-state index in [1.54, 1.807) is 0 Å². The molecule has 0 saturated carbocycles. The highest BCUT2D eigenvalue weighted by atomic mass is 32.2. The van der Waals surface area contributed by atoms with Crippen molar-refractivity contribution < 1.29 is 9.60 Å². The molecule has 0 N–H and O–H groups in total. The van der Waals surface area contributed by atoms with Crippen LogP contribution in [0.1, 0.15) is 23.3 Å². The molecule has 54 valence electrons. The highest BCUT2D eigenvalue weighted by Crippen LogP contribution is 2.16. The molecule has 0 fully saturated rings. The second-order valence-corrected chi connectivity index (χ2v) is 2.44. The van der Waals surface area contributed by atoms with Crippen molar-refractivity contribution in [3.8, 4) is 0 Å². The Labute approximate surface area is 74.9 Å². The first-order chi connectivity index (χ1) is 7.58. The third-order valence-corrected chi connectivity index (χ3v) is 1.33. The molecule has 0 amide bonds. The number of hydrogen-bond acceptors (Lipinski definition) is 3. The summed E-state index contributed by atoms with van der Waals surface area (Å²) in [6.45, 7) is -5.94. The predicted octanol–water partition coefficient (Wildman–Crippen LogP) is 1.98. The first kappa shape index (κ1) is 2.48. The van der Waals surface area contributed by atoms with Crippen LogP contribution in [0.25, 0.3) is 0 Å². The Bertz CT molecular complexity index is 360. The van der Waals surface area contributed by atoms with E-state index in [2.05, 4.69) is 9.97 Å². The van der Waals surface area contributed by atoms with Crippen molar-refractivity contribution in [2.75, 3.05) is 0 Å².